The van der Waals surface area contributed by atoms with E-state index in [4.69, 9.17) is 0 Å². The van der Waals surface area contributed by atoms with E-state index in [1.165, 1.54) is 29.6 Å². The van der Waals surface area contributed by atoms with Gasteiger partial charge in [-0.05, 0) is 31.2 Å². The molecular formula is C11H15FN2O2S. The minimum Gasteiger partial charge on any atom is -0.315 e. The first-order chi connectivity index (χ1) is 8.01. The third-order valence-corrected chi connectivity index (χ3v) is 4.93. The van der Waals surface area contributed by atoms with Crippen LogP contribution in [-0.2, 0) is 10.0 Å². The van der Waals surface area contributed by atoms with Gasteiger partial charge < -0.3 is 5.32 Å². The molecule has 1 aromatic carbocycles. The summed E-state index contributed by atoms with van der Waals surface area (Å²) in [5.41, 5.74) is 0. The average Bonchev–Trinajstić information content (AvgIpc) is 2.81. The first-order valence-electron chi connectivity index (χ1n) is 5.46. The van der Waals surface area contributed by atoms with Gasteiger partial charge in [0.25, 0.3) is 0 Å². The van der Waals surface area contributed by atoms with Crippen LogP contribution in [0.1, 0.15) is 6.42 Å². The predicted molar refractivity (Wildman–Crippen MR) is 62.6 cm³/mol. The van der Waals surface area contributed by atoms with E-state index in [2.05, 4.69) is 5.32 Å². The monoisotopic (exact) mass is 258 g/mol. The fourth-order valence-corrected chi connectivity index (χ4v) is 3.36. The zero-order valence-corrected chi connectivity index (χ0v) is 10.4. The first-order valence-corrected chi connectivity index (χ1v) is 6.90. The molecule has 1 fully saturated rings. The highest BCUT2D eigenvalue weighted by atomic mass is 32.2. The van der Waals surface area contributed by atoms with Crippen LogP contribution in [0, 0.1) is 5.82 Å². The van der Waals surface area contributed by atoms with Crippen LogP contribution in [0.5, 0.6) is 0 Å². The Morgan fingerprint density at radius 3 is 2.82 bits per heavy atom. The number of sulfonamides is 1. The molecule has 1 aromatic rings. The Balaban J connectivity index is 2.29. The van der Waals surface area contributed by atoms with E-state index in [0.29, 0.717) is 6.54 Å². The molecule has 94 valence electrons. The quantitative estimate of drug-likeness (QED) is 0.873. The summed E-state index contributed by atoms with van der Waals surface area (Å²) in [6.45, 7) is 1.46. The van der Waals surface area contributed by atoms with E-state index in [0.717, 1.165) is 19.0 Å². The van der Waals surface area contributed by atoms with Crippen LogP contribution in [0.15, 0.2) is 29.2 Å². The smallest absolute Gasteiger partial charge is 0.243 e. The Labute approximate surface area is 100 Å². The van der Waals surface area contributed by atoms with Crippen LogP contribution in [0.25, 0.3) is 0 Å². The van der Waals surface area contributed by atoms with E-state index in [9.17, 15) is 12.8 Å². The topological polar surface area (TPSA) is 49.4 Å². The van der Waals surface area contributed by atoms with Crippen molar-refractivity contribution < 1.29 is 12.8 Å². The summed E-state index contributed by atoms with van der Waals surface area (Å²) < 4.78 is 38.8. The van der Waals surface area contributed by atoms with Crippen molar-refractivity contribution in [3.05, 3.63) is 30.1 Å². The Bertz CT molecular complexity index is 498. The Kier molecular flexibility index (Phi) is 3.46. The van der Waals surface area contributed by atoms with Crippen LogP contribution in [-0.4, -0.2) is 38.9 Å². The first kappa shape index (κ1) is 12.5. The minimum atomic E-state index is -3.59. The summed E-state index contributed by atoms with van der Waals surface area (Å²) in [6, 6.07) is 5.05. The predicted octanol–water partition coefficient (Wildman–Crippen LogP) is 0.808. The number of likely N-dealkylation sites (N-methyl/N-ethyl adjacent to an activating group) is 1. The molecule has 1 aliphatic heterocycles. The second-order valence-electron chi connectivity index (χ2n) is 4.13. The molecule has 1 heterocycles. The average molecular weight is 258 g/mol. The maximum atomic E-state index is 13.0. The molecule has 1 unspecified atom stereocenters. The Hall–Kier alpha value is -0.980. The second-order valence-corrected chi connectivity index (χ2v) is 6.12. The third kappa shape index (κ3) is 2.48. The van der Waals surface area contributed by atoms with Gasteiger partial charge >= 0.3 is 0 Å². The number of benzene rings is 1. The summed E-state index contributed by atoms with van der Waals surface area (Å²) in [6.07, 6.45) is 0.783. The minimum absolute atomic E-state index is 0.00639. The fraction of sp³-hybridized carbons (Fsp3) is 0.455. The van der Waals surface area contributed by atoms with Gasteiger partial charge in [0.1, 0.15) is 5.82 Å². The summed E-state index contributed by atoms with van der Waals surface area (Å²) in [7, 11) is -2.05. The van der Waals surface area contributed by atoms with Crippen molar-refractivity contribution in [3.63, 3.8) is 0 Å². The Morgan fingerprint density at radius 1 is 1.47 bits per heavy atom. The highest BCUT2D eigenvalue weighted by Crippen LogP contribution is 2.19. The van der Waals surface area contributed by atoms with Gasteiger partial charge in [-0.3, -0.25) is 0 Å². The number of halogens is 1. The summed E-state index contributed by atoms with van der Waals surface area (Å²) in [4.78, 5) is 0.00639. The molecular weight excluding hydrogens is 243 g/mol. The maximum Gasteiger partial charge on any atom is 0.243 e. The van der Waals surface area contributed by atoms with Crippen molar-refractivity contribution in [3.8, 4) is 0 Å². The SMILES string of the molecule is CN(C1CCNC1)S(=O)(=O)c1cccc(F)c1. The van der Waals surface area contributed by atoms with Crippen LogP contribution < -0.4 is 5.32 Å². The molecule has 0 aliphatic carbocycles. The van der Waals surface area contributed by atoms with Crippen LogP contribution >= 0.6 is 0 Å². The number of nitrogens with one attached hydrogen (secondary N) is 1. The van der Waals surface area contributed by atoms with Crippen molar-refractivity contribution in [2.24, 2.45) is 0 Å². The highest BCUT2D eigenvalue weighted by molar-refractivity contribution is 7.89. The zero-order valence-electron chi connectivity index (χ0n) is 9.56. The van der Waals surface area contributed by atoms with Gasteiger partial charge in [-0.2, -0.15) is 4.31 Å². The van der Waals surface area contributed by atoms with E-state index in [1.54, 1.807) is 0 Å². The molecule has 0 bridgehead atoms. The Morgan fingerprint density at radius 2 is 2.24 bits per heavy atom. The van der Waals surface area contributed by atoms with Crippen molar-refractivity contribution in [2.45, 2.75) is 17.4 Å². The molecule has 1 atom stereocenters. The number of hydrogen-bond acceptors (Lipinski definition) is 3. The molecule has 0 saturated carbocycles. The van der Waals surface area contributed by atoms with Crippen molar-refractivity contribution in [2.75, 3.05) is 20.1 Å². The maximum absolute atomic E-state index is 13.0. The number of nitrogens with zero attached hydrogens (tertiary/aromatic N) is 1. The van der Waals surface area contributed by atoms with E-state index >= 15 is 0 Å². The summed E-state index contributed by atoms with van der Waals surface area (Å²) in [5, 5.41) is 3.11. The normalized spacial score (nSPS) is 21.0. The lowest BCUT2D eigenvalue weighted by Crippen LogP contribution is -2.38. The summed E-state index contributed by atoms with van der Waals surface area (Å²) >= 11 is 0. The zero-order chi connectivity index (χ0) is 12.5. The van der Waals surface area contributed by atoms with Crippen molar-refractivity contribution in [1.82, 2.24) is 9.62 Å². The largest absolute Gasteiger partial charge is 0.315 e. The van der Waals surface area contributed by atoms with Crippen molar-refractivity contribution >= 4 is 10.0 Å². The lowest BCUT2D eigenvalue weighted by molar-refractivity contribution is 0.387. The van der Waals surface area contributed by atoms with Gasteiger partial charge in [0.05, 0.1) is 4.90 Å². The molecule has 0 amide bonds. The van der Waals surface area contributed by atoms with E-state index in [1.807, 2.05) is 0 Å². The number of hydrogen-bond donors (Lipinski definition) is 1. The van der Waals surface area contributed by atoms with Crippen LogP contribution in [0.2, 0.25) is 0 Å². The van der Waals surface area contributed by atoms with Gasteiger partial charge in [0, 0.05) is 19.6 Å². The molecule has 17 heavy (non-hydrogen) atoms. The van der Waals surface area contributed by atoms with Gasteiger partial charge in [-0.25, -0.2) is 12.8 Å². The molecule has 1 saturated heterocycles. The van der Waals surface area contributed by atoms with Gasteiger partial charge in [-0.1, -0.05) is 6.07 Å². The molecule has 0 aromatic heterocycles. The fourth-order valence-electron chi connectivity index (χ4n) is 1.94. The molecule has 0 radical (unpaired) electrons. The molecule has 2 rings (SSSR count). The third-order valence-electron chi connectivity index (χ3n) is 3.02. The molecule has 1 aliphatic rings. The van der Waals surface area contributed by atoms with Crippen LogP contribution in [0.3, 0.4) is 0 Å². The molecule has 4 nitrogen and oxygen atoms in total. The van der Waals surface area contributed by atoms with E-state index in [-0.39, 0.29) is 10.9 Å². The van der Waals surface area contributed by atoms with Gasteiger partial charge in [0.15, 0.2) is 0 Å². The molecule has 0 spiro atoms. The van der Waals surface area contributed by atoms with Crippen molar-refractivity contribution in [1.29, 1.82) is 0 Å². The standard InChI is InChI=1S/C11H15FN2O2S/c1-14(10-5-6-13-8-10)17(15,16)11-4-2-3-9(12)7-11/h2-4,7,10,13H,5-6,8H2,1H3. The number of rotatable bonds is 3. The lowest BCUT2D eigenvalue weighted by atomic mass is 10.3. The van der Waals surface area contributed by atoms with Gasteiger partial charge in [0.2, 0.25) is 10.0 Å². The lowest BCUT2D eigenvalue weighted by Gasteiger charge is -2.23. The van der Waals surface area contributed by atoms with E-state index < -0.39 is 15.8 Å². The van der Waals surface area contributed by atoms with Gasteiger partial charge in [-0.15, -0.1) is 0 Å². The summed E-state index contributed by atoms with van der Waals surface area (Å²) in [5.74, 6) is -0.538. The van der Waals surface area contributed by atoms with Crippen LogP contribution in [0.4, 0.5) is 4.39 Å². The molecule has 6 heteroatoms. The highest BCUT2D eigenvalue weighted by Gasteiger charge is 2.29. The molecule has 1 N–H and O–H groups in total. The second kappa shape index (κ2) is 4.72.